The highest BCUT2D eigenvalue weighted by Crippen LogP contribution is 2.21. The molecule has 0 aliphatic carbocycles. The van der Waals surface area contributed by atoms with Crippen LogP contribution in [0, 0.1) is 6.92 Å². The van der Waals surface area contributed by atoms with Crippen LogP contribution in [0.25, 0.3) is 0 Å². The van der Waals surface area contributed by atoms with Crippen LogP contribution in [-0.4, -0.2) is 61.1 Å². The molecular weight excluding hydrogens is 435 g/mol. The van der Waals surface area contributed by atoms with E-state index < -0.39 is 0 Å². The summed E-state index contributed by atoms with van der Waals surface area (Å²) < 4.78 is 0. The van der Waals surface area contributed by atoms with E-state index in [2.05, 4.69) is 60.2 Å². The molecule has 0 radical (unpaired) electrons. The first-order valence-corrected chi connectivity index (χ1v) is 10.0. The fourth-order valence-corrected chi connectivity index (χ4v) is 3.99. The molecule has 2 saturated heterocycles. The summed E-state index contributed by atoms with van der Waals surface area (Å²) in [5, 5.41) is 3.51. The molecular formula is C21H35IN4. The SMILES string of the molecule is CCNC(=NCC(C)c1ccc(C)cc1)N1CCC(N2CCCC2)C1.I. The number of aliphatic imine (C=N–C) groups is 1. The molecule has 5 heteroatoms. The molecule has 1 N–H and O–H groups in total. The Hall–Kier alpha value is -0.820. The minimum Gasteiger partial charge on any atom is -0.357 e. The number of halogens is 1. The summed E-state index contributed by atoms with van der Waals surface area (Å²) in [7, 11) is 0. The highest BCUT2D eigenvalue weighted by molar-refractivity contribution is 14.0. The summed E-state index contributed by atoms with van der Waals surface area (Å²) in [6.45, 7) is 13.2. The highest BCUT2D eigenvalue weighted by atomic mass is 127. The normalized spacial score (nSPS) is 22.3. The van der Waals surface area contributed by atoms with Gasteiger partial charge in [0.15, 0.2) is 5.96 Å². The number of benzene rings is 1. The molecule has 0 aromatic heterocycles. The summed E-state index contributed by atoms with van der Waals surface area (Å²) >= 11 is 0. The van der Waals surface area contributed by atoms with Gasteiger partial charge in [-0.1, -0.05) is 36.8 Å². The summed E-state index contributed by atoms with van der Waals surface area (Å²) in [6.07, 6.45) is 4.02. The van der Waals surface area contributed by atoms with Crippen LogP contribution in [0.3, 0.4) is 0 Å². The second-order valence-corrected chi connectivity index (χ2v) is 7.64. The average molecular weight is 470 g/mol. The Bertz CT molecular complexity index is 566. The Kier molecular flexibility index (Phi) is 8.67. The molecule has 0 amide bonds. The lowest BCUT2D eigenvalue weighted by atomic mass is 10.0. The number of nitrogens with zero attached hydrogens (tertiary/aromatic N) is 3. The standard InChI is InChI=1S/C21H34N4.HI/c1-4-22-21(23-15-18(3)19-9-7-17(2)8-10-19)25-14-11-20(16-25)24-12-5-6-13-24;/h7-10,18,20H,4-6,11-16H2,1-3H3,(H,22,23);1H. The van der Waals surface area contributed by atoms with Crippen LogP contribution >= 0.6 is 24.0 Å². The zero-order valence-corrected chi connectivity index (χ0v) is 18.9. The molecule has 1 aromatic rings. The largest absolute Gasteiger partial charge is 0.357 e. The summed E-state index contributed by atoms with van der Waals surface area (Å²) in [6, 6.07) is 9.59. The average Bonchev–Trinajstić information content (AvgIpc) is 3.30. The third-order valence-corrected chi connectivity index (χ3v) is 5.62. The van der Waals surface area contributed by atoms with Gasteiger partial charge >= 0.3 is 0 Å². The van der Waals surface area contributed by atoms with Crippen molar-refractivity contribution in [2.24, 2.45) is 4.99 Å². The van der Waals surface area contributed by atoms with Crippen molar-refractivity contribution in [1.82, 2.24) is 15.1 Å². The first-order valence-electron chi connectivity index (χ1n) is 10.0. The zero-order valence-electron chi connectivity index (χ0n) is 16.6. The molecule has 2 aliphatic rings. The molecule has 1 aromatic carbocycles. The molecule has 2 aliphatic heterocycles. The molecule has 3 rings (SSSR count). The van der Waals surface area contributed by atoms with E-state index in [0.29, 0.717) is 5.92 Å². The maximum absolute atomic E-state index is 4.97. The van der Waals surface area contributed by atoms with Gasteiger partial charge in [0.1, 0.15) is 0 Å². The number of hydrogen-bond acceptors (Lipinski definition) is 2. The molecule has 2 fully saturated rings. The van der Waals surface area contributed by atoms with Gasteiger partial charge in [0.05, 0.1) is 0 Å². The Morgan fingerprint density at radius 3 is 2.54 bits per heavy atom. The van der Waals surface area contributed by atoms with Gasteiger partial charge in [0.25, 0.3) is 0 Å². The summed E-state index contributed by atoms with van der Waals surface area (Å²) in [4.78, 5) is 10.1. The Morgan fingerprint density at radius 1 is 1.19 bits per heavy atom. The predicted octanol–water partition coefficient (Wildman–Crippen LogP) is 3.85. The molecule has 26 heavy (non-hydrogen) atoms. The van der Waals surface area contributed by atoms with Gasteiger partial charge in [-0.25, -0.2) is 0 Å². The first-order chi connectivity index (χ1) is 12.2. The number of likely N-dealkylation sites (tertiary alicyclic amines) is 2. The molecule has 2 heterocycles. The topological polar surface area (TPSA) is 30.9 Å². The fraction of sp³-hybridized carbons (Fsp3) is 0.667. The maximum atomic E-state index is 4.97. The van der Waals surface area contributed by atoms with E-state index in [0.717, 1.165) is 38.2 Å². The van der Waals surface area contributed by atoms with E-state index in [1.807, 2.05) is 0 Å². The van der Waals surface area contributed by atoms with Crippen molar-refractivity contribution in [2.75, 3.05) is 39.3 Å². The molecule has 146 valence electrons. The highest BCUT2D eigenvalue weighted by Gasteiger charge is 2.30. The maximum Gasteiger partial charge on any atom is 0.193 e. The molecule has 2 unspecified atom stereocenters. The van der Waals surface area contributed by atoms with Crippen LogP contribution in [0.1, 0.15) is 50.2 Å². The molecule has 0 bridgehead atoms. The Labute approximate surface area is 176 Å². The monoisotopic (exact) mass is 470 g/mol. The first kappa shape index (κ1) is 21.5. The van der Waals surface area contributed by atoms with Gasteiger partial charge in [-0.15, -0.1) is 24.0 Å². The quantitative estimate of drug-likeness (QED) is 0.403. The van der Waals surface area contributed by atoms with Crippen molar-refractivity contribution in [2.45, 2.75) is 52.0 Å². The van der Waals surface area contributed by atoms with Gasteiger partial charge in [-0.2, -0.15) is 0 Å². The van der Waals surface area contributed by atoms with Crippen LogP contribution in [0.15, 0.2) is 29.3 Å². The third-order valence-electron chi connectivity index (χ3n) is 5.62. The van der Waals surface area contributed by atoms with E-state index in [1.165, 1.54) is 43.5 Å². The van der Waals surface area contributed by atoms with Crippen molar-refractivity contribution in [3.8, 4) is 0 Å². The van der Waals surface area contributed by atoms with Crippen LogP contribution in [-0.2, 0) is 0 Å². The smallest absolute Gasteiger partial charge is 0.193 e. The van der Waals surface area contributed by atoms with Crippen molar-refractivity contribution in [3.63, 3.8) is 0 Å². The van der Waals surface area contributed by atoms with E-state index in [4.69, 9.17) is 4.99 Å². The predicted molar refractivity (Wildman–Crippen MR) is 122 cm³/mol. The lowest BCUT2D eigenvalue weighted by Gasteiger charge is -2.25. The van der Waals surface area contributed by atoms with E-state index in [1.54, 1.807) is 0 Å². The molecule has 0 spiro atoms. The van der Waals surface area contributed by atoms with Gasteiger partial charge in [-0.05, 0) is 51.8 Å². The van der Waals surface area contributed by atoms with E-state index >= 15 is 0 Å². The van der Waals surface area contributed by atoms with Crippen molar-refractivity contribution >= 4 is 29.9 Å². The van der Waals surface area contributed by atoms with Crippen LogP contribution in [0.2, 0.25) is 0 Å². The number of hydrogen-bond donors (Lipinski definition) is 1. The minimum absolute atomic E-state index is 0. The lowest BCUT2D eigenvalue weighted by molar-refractivity contribution is 0.249. The van der Waals surface area contributed by atoms with Crippen molar-refractivity contribution < 1.29 is 0 Å². The number of nitrogens with one attached hydrogen (secondary N) is 1. The minimum atomic E-state index is 0. The van der Waals surface area contributed by atoms with Crippen LogP contribution < -0.4 is 5.32 Å². The van der Waals surface area contributed by atoms with Gasteiger partial charge < -0.3 is 10.2 Å². The third kappa shape index (κ3) is 5.59. The molecule has 2 atom stereocenters. The van der Waals surface area contributed by atoms with Gasteiger partial charge in [-0.3, -0.25) is 9.89 Å². The van der Waals surface area contributed by atoms with Crippen LogP contribution in [0.5, 0.6) is 0 Å². The Balaban J connectivity index is 0.00000243. The fourth-order valence-electron chi connectivity index (χ4n) is 3.99. The second-order valence-electron chi connectivity index (χ2n) is 7.64. The Morgan fingerprint density at radius 2 is 1.88 bits per heavy atom. The van der Waals surface area contributed by atoms with Crippen molar-refractivity contribution in [3.05, 3.63) is 35.4 Å². The van der Waals surface area contributed by atoms with Gasteiger partial charge in [0, 0.05) is 38.1 Å². The number of rotatable bonds is 5. The molecule has 0 saturated carbocycles. The van der Waals surface area contributed by atoms with Gasteiger partial charge in [0.2, 0.25) is 0 Å². The second kappa shape index (κ2) is 10.5. The van der Waals surface area contributed by atoms with Crippen molar-refractivity contribution in [1.29, 1.82) is 0 Å². The number of aryl methyl sites for hydroxylation is 1. The number of guanidine groups is 1. The van der Waals surface area contributed by atoms with E-state index in [-0.39, 0.29) is 24.0 Å². The lowest BCUT2D eigenvalue weighted by Crippen LogP contribution is -2.42. The van der Waals surface area contributed by atoms with E-state index in [9.17, 15) is 0 Å². The van der Waals surface area contributed by atoms with Crippen LogP contribution in [0.4, 0.5) is 0 Å². The molecule has 4 nitrogen and oxygen atoms in total. The zero-order chi connectivity index (χ0) is 17.6. The summed E-state index contributed by atoms with van der Waals surface area (Å²) in [5.41, 5.74) is 2.69. The summed E-state index contributed by atoms with van der Waals surface area (Å²) in [5.74, 6) is 1.55.